The van der Waals surface area contributed by atoms with Gasteiger partial charge in [-0.05, 0) is 38.5 Å². The molecule has 3 aliphatic rings. The molecule has 20 heavy (non-hydrogen) atoms. The van der Waals surface area contributed by atoms with E-state index >= 15 is 0 Å². The maximum absolute atomic E-state index is 12.5. The Bertz CT molecular complexity index is 316. The third kappa shape index (κ3) is 4.48. The van der Waals surface area contributed by atoms with Crippen molar-refractivity contribution >= 4 is 30.7 Å². The highest BCUT2D eigenvalue weighted by Gasteiger charge is 2.41. The lowest BCUT2D eigenvalue weighted by atomic mass is 10.1. The Labute approximate surface area is 134 Å². The molecule has 3 rings (SSSR count). The van der Waals surface area contributed by atoms with E-state index in [9.17, 15) is 4.79 Å². The Hall–Kier alpha value is -0.0300. The normalized spacial score (nSPS) is 24.2. The summed E-state index contributed by atoms with van der Waals surface area (Å²) in [7, 11) is 0. The first-order valence-electron chi connectivity index (χ1n) is 7.50. The van der Waals surface area contributed by atoms with Crippen LogP contribution in [-0.4, -0.2) is 60.5 Å². The fourth-order valence-corrected chi connectivity index (χ4v) is 3.06. The van der Waals surface area contributed by atoms with Crippen molar-refractivity contribution in [3.8, 4) is 0 Å². The van der Waals surface area contributed by atoms with E-state index in [2.05, 4.69) is 22.0 Å². The molecule has 1 heterocycles. The van der Waals surface area contributed by atoms with Crippen LogP contribution in [0, 0.1) is 5.92 Å². The summed E-state index contributed by atoms with van der Waals surface area (Å²) < 4.78 is 0. The molecular weight excluding hydrogens is 297 g/mol. The third-order valence-electron chi connectivity index (χ3n) is 4.54. The molecule has 0 spiro atoms. The summed E-state index contributed by atoms with van der Waals surface area (Å²) in [6, 6.07) is 1.05. The number of rotatable bonds is 5. The molecule has 1 amide bonds. The molecule has 2 saturated carbocycles. The molecule has 0 aromatic heterocycles. The molecule has 1 unspecified atom stereocenters. The largest absolute Gasteiger partial charge is 0.336 e. The maximum Gasteiger partial charge on any atom is 0.237 e. The van der Waals surface area contributed by atoms with Gasteiger partial charge in [-0.1, -0.05) is 0 Å². The predicted octanol–water partition coefficient (Wildman–Crippen LogP) is 1.52. The van der Waals surface area contributed by atoms with E-state index in [0.29, 0.717) is 24.5 Å². The van der Waals surface area contributed by atoms with Crippen molar-refractivity contribution in [3.63, 3.8) is 0 Å². The second-order valence-electron chi connectivity index (χ2n) is 6.14. The number of nitrogens with one attached hydrogen (secondary N) is 1. The molecule has 1 saturated heterocycles. The maximum atomic E-state index is 12.5. The van der Waals surface area contributed by atoms with Crippen molar-refractivity contribution in [2.75, 3.05) is 32.7 Å². The molecule has 1 aliphatic heterocycles. The minimum atomic E-state index is 0. The minimum Gasteiger partial charge on any atom is -0.336 e. The van der Waals surface area contributed by atoms with Gasteiger partial charge in [0.15, 0.2) is 0 Å². The molecular formula is C14H27Cl2N3O. The van der Waals surface area contributed by atoms with Crippen LogP contribution < -0.4 is 5.32 Å². The van der Waals surface area contributed by atoms with Crippen LogP contribution in [0.1, 0.15) is 32.6 Å². The number of halogens is 2. The van der Waals surface area contributed by atoms with Crippen LogP contribution >= 0.6 is 24.8 Å². The first kappa shape index (κ1) is 18.0. The second-order valence-corrected chi connectivity index (χ2v) is 6.14. The fraction of sp³-hybridized carbons (Fsp3) is 0.929. The topological polar surface area (TPSA) is 35.6 Å². The van der Waals surface area contributed by atoms with Gasteiger partial charge in [-0.25, -0.2) is 0 Å². The smallest absolute Gasteiger partial charge is 0.237 e. The minimum absolute atomic E-state index is 0. The summed E-state index contributed by atoms with van der Waals surface area (Å²) >= 11 is 0. The average molecular weight is 324 g/mol. The lowest BCUT2D eigenvalue weighted by Crippen LogP contribution is -2.51. The summed E-state index contributed by atoms with van der Waals surface area (Å²) in [4.78, 5) is 17.1. The number of amides is 1. The summed E-state index contributed by atoms with van der Waals surface area (Å²) in [5, 5.41) is 3.34. The Morgan fingerprint density at radius 3 is 2.30 bits per heavy atom. The van der Waals surface area contributed by atoms with Crippen LogP contribution in [0.3, 0.4) is 0 Å². The number of carbonyl (C=O) groups is 1. The van der Waals surface area contributed by atoms with Gasteiger partial charge < -0.3 is 10.2 Å². The van der Waals surface area contributed by atoms with Crippen LogP contribution in [0.15, 0.2) is 0 Å². The van der Waals surface area contributed by atoms with Gasteiger partial charge >= 0.3 is 0 Å². The monoisotopic (exact) mass is 323 g/mol. The fourth-order valence-electron chi connectivity index (χ4n) is 3.06. The summed E-state index contributed by atoms with van der Waals surface area (Å²) in [5.74, 6) is 1.16. The number of hydrogen-bond acceptors (Lipinski definition) is 3. The molecule has 2 aliphatic carbocycles. The van der Waals surface area contributed by atoms with Crippen LogP contribution in [-0.2, 0) is 4.79 Å². The van der Waals surface area contributed by atoms with E-state index in [4.69, 9.17) is 0 Å². The first-order valence-corrected chi connectivity index (χ1v) is 7.50. The highest BCUT2D eigenvalue weighted by molar-refractivity contribution is 5.85. The van der Waals surface area contributed by atoms with Gasteiger partial charge in [-0.2, -0.15) is 0 Å². The molecule has 6 heteroatoms. The average Bonchev–Trinajstić information content (AvgIpc) is 3.24. The van der Waals surface area contributed by atoms with E-state index in [1.54, 1.807) is 0 Å². The predicted molar refractivity (Wildman–Crippen MR) is 85.9 cm³/mol. The van der Waals surface area contributed by atoms with Crippen molar-refractivity contribution in [2.24, 2.45) is 5.92 Å². The van der Waals surface area contributed by atoms with E-state index in [1.807, 2.05) is 0 Å². The molecule has 0 aromatic rings. The molecule has 118 valence electrons. The van der Waals surface area contributed by atoms with Crippen molar-refractivity contribution < 1.29 is 4.79 Å². The van der Waals surface area contributed by atoms with E-state index in [0.717, 1.165) is 32.1 Å². The lowest BCUT2D eigenvalue weighted by molar-refractivity contribution is -0.135. The molecule has 1 atom stereocenters. The van der Waals surface area contributed by atoms with Gasteiger partial charge in [0.25, 0.3) is 0 Å². The van der Waals surface area contributed by atoms with Crippen molar-refractivity contribution in [2.45, 2.75) is 44.7 Å². The quantitative estimate of drug-likeness (QED) is 0.833. The third-order valence-corrected chi connectivity index (χ3v) is 4.54. The van der Waals surface area contributed by atoms with E-state index < -0.39 is 0 Å². The van der Waals surface area contributed by atoms with Crippen LogP contribution in [0.5, 0.6) is 0 Å². The zero-order chi connectivity index (χ0) is 12.5. The molecule has 0 aromatic carbocycles. The first-order chi connectivity index (χ1) is 8.75. The van der Waals surface area contributed by atoms with E-state index in [1.165, 1.54) is 25.7 Å². The zero-order valence-corrected chi connectivity index (χ0v) is 13.8. The second kappa shape index (κ2) is 7.83. The van der Waals surface area contributed by atoms with Crippen molar-refractivity contribution in [1.29, 1.82) is 0 Å². The molecule has 4 nitrogen and oxygen atoms in total. The highest BCUT2D eigenvalue weighted by Crippen LogP contribution is 2.39. The van der Waals surface area contributed by atoms with E-state index in [-0.39, 0.29) is 24.8 Å². The van der Waals surface area contributed by atoms with Gasteiger partial charge in [0.2, 0.25) is 5.91 Å². The molecule has 1 N–H and O–H groups in total. The van der Waals surface area contributed by atoms with Crippen molar-refractivity contribution in [3.05, 3.63) is 0 Å². The summed E-state index contributed by atoms with van der Waals surface area (Å²) in [6.45, 7) is 6.97. The number of piperazine rings is 1. The Kier molecular flexibility index (Phi) is 7.06. The Balaban J connectivity index is 0.000001000. The van der Waals surface area contributed by atoms with Gasteiger partial charge in [0, 0.05) is 38.3 Å². The van der Waals surface area contributed by atoms with Crippen LogP contribution in [0.2, 0.25) is 0 Å². The standard InChI is InChI=1S/C14H25N3O.2ClH/c1-11(12-2-3-12)17(13-4-5-13)14(18)10-16-8-6-15-7-9-16;;/h11-13,15H,2-10H2,1H3;2*1H. The van der Waals surface area contributed by atoms with Crippen LogP contribution in [0.25, 0.3) is 0 Å². The Morgan fingerprint density at radius 2 is 1.80 bits per heavy atom. The Morgan fingerprint density at radius 1 is 1.20 bits per heavy atom. The van der Waals surface area contributed by atoms with Gasteiger partial charge in [-0.3, -0.25) is 9.69 Å². The van der Waals surface area contributed by atoms with Gasteiger partial charge in [0.05, 0.1) is 6.54 Å². The summed E-state index contributed by atoms with van der Waals surface area (Å²) in [6.07, 6.45) is 5.10. The van der Waals surface area contributed by atoms with Crippen molar-refractivity contribution in [1.82, 2.24) is 15.1 Å². The molecule has 3 fully saturated rings. The number of hydrogen-bond donors (Lipinski definition) is 1. The summed E-state index contributed by atoms with van der Waals surface area (Å²) in [5.41, 5.74) is 0. The van der Waals surface area contributed by atoms with Gasteiger partial charge in [0.1, 0.15) is 0 Å². The SMILES string of the molecule is CC(C1CC1)N(C(=O)CN1CCNCC1)C1CC1.Cl.Cl. The molecule has 0 radical (unpaired) electrons. The van der Waals surface area contributed by atoms with Crippen LogP contribution in [0.4, 0.5) is 0 Å². The zero-order valence-electron chi connectivity index (χ0n) is 12.2. The highest BCUT2D eigenvalue weighted by atomic mass is 35.5. The van der Waals surface area contributed by atoms with Gasteiger partial charge in [-0.15, -0.1) is 24.8 Å². The number of nitrogens with zero attached hydrogens (tertiary/aromatic N) is 2. The lowest BCUT2D eigenvalue weighted by Gasteiger charge is -2.33. The molecule has 0 bridgehead atoms. The number of carbonyl (C=O) groups excluding carboxylic acids is 1.